The van der Waals surface area contributed by atoms with Gasteiger partial charge in [-0.05, 0) is 48.1 Å². The van der Waals surface area contributed by atoms with Gasteiger partial charge in [0.25, 0.3) is 5.91 Å². The number of benzene rings is 2. The first kappa shape index (κ1) is 19.9. The number of aliphatic hydroxyl groups is 1. The number of hydrogen-bond acceptors (Lipinski definition) is 5. The van der Waals surface area contributed by atoms with Crippen molar-refractivity contribution >= 4 is 11.9 Å². The second kappa shape index (κ2) is 8.17. The van der Waals surface area contributed by atoms with Crippen LogP contribution in [0.25, 0.3) is 0 Å². The smallest absolute Gasteiger partial charge is 0.325 e. The van der Waals surface area contributed by atoms with E-state index in [1.165, 1.54) is 0 Å². The van der Waals surface area contributed by atoms with E-state index in [0.29, 0.717) is 18.6 Å². The maximum Gasteiger partial charge on any atom is 0.325 e. The fourth-order valence-corrected chi connectivity index (χ4v) is 4.23. The van der Waals surface area contributed by atoms with E-state index in [9.17, 15) is 14.7 Å². The Bertz CT molecular complexity index is 998. The molecule has 2 aromatic rings. The Labute approximate surface area is 174 Å². The van der Waals surface area contributed by atoms with Gasteiger partial charge in [-0.3, -0.25) is 9.69 Å². The van der Waals surface area contributed by atoms with E-state index in [1.54, 1.807) is 24.3 Å². The van der Waals surface area contributed by atoms with Crippen LogP contribution in [-0.4, -0.2) is 41.2 Å². The van der Waals surface area contributed by atoms with E-state index in [-0.39, 0.29) is 19.1 Å². The van der Waals surface area contributed by atoms with Crippen LogP contribution in [0.5, 0.6) is 5.75 Å². The molecule has 0 radical (unpaired) electrons. The maximum absolute atomic E-state index is 13.2. The van der Waals surface area contributed by atoms with Crippen molar-refractivity contribution in [1.29, 1.82) is 5.26 Å². The van der Waals surface area contributed by atoms with Crippen molar-refractivity contribution in [1.82, 2.24) is 10.2 Å². The monoisotopic (exact) mass is 405 g/mol. The predicted molar refractivity (Wildman–Crippen MR) is 109 cm³/mol. The summed E-state index contributed by atoms with van der Waals surface area (Å²) in [6.07, 6.45) is 1.54. The van der Waals surface area contributed by atoms with Gasteiger partial charge < -0.3 is 15.2 Å². The average molecular weight is 405 g/mol. The number of ether oxygens (including phenoxy) is 1. The molecule has 7 nitrogen and oxygen atoms in total. The maximum atomic E-state index is 13.2. The summed E-state index contributed by atoms with van der Waals surface area (Å²) in [4.78, 5) is 26.9. The third kappa shape index (κ3) is 3.62. The van der Waals surface area contributed by atoms with Gasteiger partial charge in [0.05, 0.1) is 19.0 Å². The molecule has 7 heteroatoms. The van der Waals surface area contributed by atoms with E-state index < -0.39 is 17.7 Å². The molecule has 4 rings (SSSR count). The first-order valence-corrected chi connectivity index (χ1v) is 10.0. The van der Waals surface area contributed by atoms with Gasteiger partial charge in [0.2, 0.25) is 0 Å². The molecule has 2 aromatic carbocycles. The number of nitriles is 1. The van der Waals surface area contributed by atoms with Gasteiger partial charge in [0, 0.05) is 0 Å². The zero-order valence-corrected chi connectivity index (χ0v) is 16.5. The molecule has 1 heterocycles. The Hall–Kier alpha value is -3.37. The number of nitrogens with one attached hydrogen (secondary N) is 1. The number of urea groups is 1. The summed E-state index contributed by atoms with van der Waals surface area (Å²) < 4.78 is 5.57. The molecular formula is C23H23N3O4. The highest BCUT2D eigenvalue weighted by atomic mass is 16.5. The zero-order chi connectivity index (χ0) is 21.1. The van der Waals surface area contributed by atoms with Crippen molar-refractivity contribution in [2.45, 2.75) is 37.3 Å². The van der Waals surface area contributed by atoms with Gasteiger partial charge >= 0.3 is 6.03 Å². The van der Waals surface area contributed by atoms with Crippen molar-refractivity contribution in [3.63, 3.8) is 0 Å². The SMILES string of the molecule is N#CCc1ccc(OC[C@H](O)CN2C(=O)N[C@@]3(CCCc4ccccc43)C2=O)cc1. The van der Waals surface area contributed by atoms with Crippen LogP contribution in [0.4, 0.5) is 4.79 Å². The topological polar surface area (TPSA) is 103 Å². The van der Waals surface area contributed by atoms with E-state index in [1.807, 2.05) is 24.3 Å². The average Bonchev–Trinajstić information content (AvgIpc) is 2.98. The van der Waals surface area contributed by atoms with E-state index in [2.05, 4.69) is 11.4 Å². The molecule has 0 aromatic heterocycles. The van der Waals surface area contributed by atoms with Gasteiger partial charge in [-0.15, -0.1) is 0 Å². The molecule has 1 saturated heterocycles. The standard InChI is InChI=1S/C23H23N3O4/c24-13-11-16-7-9-19(10-8-16)30-15-18(27)14-26-21(28)23(25-22(26)29)12-3-5-17-4-1-2-6-20(17)23/h1-2,4,6-10,18,27H,3,5,11-12,14-15H2,(H,25,29)/t18-,23-/m1/s1. The highest BCUT2D eigenvalue weighted by Crippen LogP contribution is 2.39. The Morgan fingerprint density at radius 1 is 1.20 bits per heavy atom. The third-order valence-corrected chi connectivity index (χ3v) is 5.69. The summed E-state index contributed by atoms with van der Waals surface area (Å²) in [7, 11) is 0. The molecule has 1 fully saturated rings. The Kier molecular flexibility index (Phi) is 5.42. The van der Waals surface area contributed by atoms with E-state index >= 15 is 0 Å². The van der Waals surface area contributed by atoms with Gasteiger partial charge in [0.15, 0.2) is 0 Å². The fraction of sp³-hybridized carbons (Fsp3) is 0.348. The molecule has 30 heavy (non-hydrogen) atoms. The van der Waals surface area contributed by atoms with Gasteiger partial charge in [-0.2, -0.15) is 5.26 Å². The van der Waals surface area contributed by atoms with E-state index in [0.717, 1.165) is 34.4 Å². The largest absolute Gasteiger partial charge is 0.491 e. The van der Waals surface area contributed by atoms with Crippen molar-refractivity contribution < 1.29 is 19.4 Å². The molecule has 1 spiro atoms. The van der Waals surface area contributed by atoms with Crippen LogP contribution in [0, 0.1) is 11.3 Å². The number of hydrogen-bond donors (Lipinski definition) is 2. The van der Waals surface area contributed by atoms with Crippen LogP contribution in [0.3, 0.4) is 0 Å². The Balaban J connectivity index is 1.41. The lowest BCUT2D eigenvalue weighted by Crippen LogP contribution is -2.47. The van der Waals surface area contributed by atoms with E-state index in [4.69, 9.17) is 10.00 Å². The van der Waals surface area contributed by atoms with Gasteiger partial charge in [0.1, 0.15) is 24.0 Å². The molecule has 0 unspecified atom stereocenters. The number of imide groups is 1. The van der Waals surface area contributed by atoms with Crippen LogP contribution in [0.2, 0.25) is 0 Å². The van der Waals surface area contributed by atoms with Crippen LogP contribution in [-0.2, 0) is 23.2 Å². The Morgan fingerprint density at radius 3 is 2.73 bits per heavy atom. The van der Waals surface area contributed by atoms with Crippen LogP contribution in [0.15, 0.2) is 48.5 Å². The van der Waals surface area contributed by atoms with Crippen molar-refractivity contribution in [2.24, 2.45) is 0 Å². The first-order valence-electron chi connectivity index (χ1n) is 10.0. The fourth-order valence-electron chi connectivity index (χ4n) is 4.23. The van der Waals surface area contributed by atoms with Crippen LogP contribution >= 0.6 is 0 Å². The van der Waals surface area contributed by atoms with Crippen LogP contribution < -0.4 is 10.1 Å². The minimum absolute atomic E-state index is 0.0573. The molecule has 0 saturated carbocycles. The molecule has 0 bridgehead atoms. The molecule has 154 valence electrons. The Morgan fingerprint density at radius 2 is 1.97 bits per heavy atom. The molecular weight excluding hydrogens is 382 g/mol. The number of aryl methyl sites for hydroxylation is 1. The number of nitrogens with zero attached hydrogens (tertiary/aromatic N) is 2. The predicted octanol–water partition coefficient (Wildman–Crippen LogP) is 2.28. The molecule has 2 N–H and O–H groups in total. The quantitative estimate of drug-likeness (QED) is 0.718. The van der Waals surface area contributed by atoms with Gasteiger partial charge in [-0.1, -0.05) is 36.4 Å². The first-order chi connectivity index (χ1) is 14.5. The molecule has 2 aliphatic rings. The number of amides is 3. The number of carbonyl (C=O) groups is 2. The summed E-state index contributed by atoms with van der Waals surface area (Å²) in [5, 5.41) is 22.0. The number of carbonyl (C=O) groups excluding carboxylic acids is 2. The minimum Gasteiger partial charge on any atom is -0.491 e. The lowest BCUT2D eigenvalue weighted by molar-refractivity contribution is -0.133. The number of fused-ring (bicyclic) bond motifs is 2. The van der Waals surface area contributed by atoms with Crippen molar-refractivity contribution in [3.05, 3.63) is 65.2 Å². The molecule has 1 aliphatic heterocycles. The zero-order valence-electron chi connectivity index (χ0n) is 16.5. The number of rotatable bonds is 6. The molecule has 1 aliphatic carbocycles. The summed E-state index contributed by atoms with van der Waals surface area (Å²) in [6, 6.07) is 16.3. The van der Waals surface area contributed by atoms with Gasteiger partial charge in [-0.25, -0.2) is 4.79 Å². The minimum atomic E-state index is -1.04. The third-order valence-electron chi connectivity index (χ3n) is 5.69. The highest BCUT2D eigenvalue weighted by Gasteiger charge is 2.54. The van der Waals surface area contributed by atoms with Crippen molar-refractivity contribution in [3.8, 4) is 11.8 Å². The lowest BCUT2D eigenvalue weighted by Gasteiger charge is -2.33. The van der Waals surface area contributed by atoms with Crippen molar-refractivity contribution in [2.75, 3.05) is 13.2 Å². The highest BCUT2D eigenvalue weighted by molar-refractivity contribution is 6.07. The normalized spacial score (nSPS) is 21.1. The summed E-state index contributed by atoms with van der Waals surface area (Å²) in [5.74, 6) is 0.227. The summed E-state index contributed by atoms with van der Waals surface area (Å²) in [6.45, 7) is -0.195. The molecule has 2 atom stereocenters. The summed E-state index contributed by atoms with van der Waals surface area (Å²) in [5.41, 5.74) is 1.76. The van der Waals surface area contributed by atoms with Crippen LogP contribution in [0.1, 0.15) is 29.5 Å². The lowest BCUT2D eigenvalue weighted by atomic mass is 9.76. The number of aliphatic hydroxyl groups excluding tert-OH is 1. The molecule has 3 amide bonds. The second-order valence-corrected chi connectivity index (χ2v) is 7.71. The summed E-state index contributed by atoms with van der Waals surface area (Å²) >= 11 is 0. The second-order valence-electron chi connectivity index (χ2n) is 7.71. The number of β-amino-alcohol motifs (C(OH)–C–C–N with tert-alkyl or cyclic N) is 1.